The molecule has 0 spiro atoms. The summed E-state index contributed by atoms with van der Waals surface area (Å²) in [6, 6.07) is 15.9. The summed E-state index contributed by atoms with van der Waals surface area (Å²) in [5.74, 6) is -0.395. The number of hydrogen-bond acceptors (Lipinski definition) is 3. The number of para-hydroxylation sites is 2. The van der Waals surface area contributed by atoms with Gasteiger partial charge in [0, 0.05) is 26.6 Å². The second-order valence-corrected chi connectivity index (χ2v) is 7.74. The van der Waals surface area contributed by atoms with Crippen LogP contribution in [0.15, 0.2) is 54.9 Å². The molecule has 6 nitrogen and oxygen atoms in total. The van der Waals surface area contributed by atoms with Crippen LogP contribution < -0.4 is 5.32 Å². The predicted octanol–water partition coefficient (Wildman–Crippen LogP) is 3.07. The lowest BCUT2D eigenvalue weighted by atomic mass is 9.92. The molecular formula is C23H26N4O2. The van der Waals surface area contributed by atoms with E-state index in [0.717, 1.165) is 35.1 Å². The highest BCUT2D eigenvalue weighted by Crippen LogP contribution is 2.37. The fraction of sp³-hybridized carbons (Fsp3) is 0.348. The number of nitrogens with one attached hydrogen (secondary N) is 1. The van der Waals surface area contributed by atoms with Crippen LogP contribution in [0.25, 0.3) is 11.0 Å². The zero-order valence-electron chi connectivity index (χ0n) is 16.8. The molecule has 4 rings (SSSR count). The van der Waals surface area contributed by atoms with Gasteiger partial charge in [-0.1, -0.05) is 42.0 Å². The minimum atomic E-state index is -0.357. The summed E-state index contributed by atoms with van der Waals surface area (Å²) in [4.78, 5) is 31.2. The molecule has 1 saturated heterocycles. The molecule has 1 N–H and O–H groups in total. The summed E-state index contributed by atoms with van der Waals surface area (Å²) in [5, 5.41) is 3.04. The smallest absolute Gasteiger partial charge is 0.226 e. The molecule has 0 saturated carbocycles. The largest absolute Gasteiger partial charge is 0.356 e. The number of amides is 2. The fourth-order valence-corrected chi connectivity index (χ4v) is 4.10. The second kappa shape index (κ2) is 8.07. The molecule has 1 aromatic heterocycles. The highest BCUT2D eigenvalue weighted by molar-refractivity contribution is 5.90. The maximum Gasteiger partial charge on any atom is 0.226 e. The first kappa shape index (κ1) is 19.2. The van der Waals surface area contributed by atoms with E-state index < -0.39 is 0 Å². The summed E-state index contributed by atoms with van der Waals surface area (Å²) in [6.07, 6.45) is 2.90. The second-order valence-electron chi connectivity index (χ2n) is 7.74. The summed E-state index contributed by atoms with van der Waals surface area (Å²) >= 11 is 0. The molecule has 2 atom stereocenters. The summed E-state index contributed by atoms with van der Waals surface area (Å²) in [6.45, 7) is 3.38. The summed E-state index contributed by atoms with van der Waals surface area (Å²) in [5.41, 5.74) is 4.24. The molecule has 1 fully saturated rings. The van der Waals surface area contributed by atoms with Gasteiger partial charge in [-0.2, -0.15) is 0 Å². The molecule has 0 radical (unpaired) electrons. The minimum absolute atomic E-state index is 0.0145. The molecular weight excluding hydrogens is 364 g/mol. The molecule has 1 aliphatic rings. The van der Waals surface area contributed by atoms with Crippen LogP contribution >= 0.6 is 0 Å². The van der Waals surface area contributed by atoms with Crippen molar-refractivity contribution in [2.24, 2.45) is 5.92 Å². The number of imidazole rings is 1. The number of carbonyl (C=O) groups is 2. The summed E-state index contributed by atoms with van der Waals surface area (Å²) in [7, 11) is 1.78. The molecule has 0 unspecified atom stereocenters. The quantitative estimate of drug-likeness (QED) is 0.658. The SMILES string of the molecule is Cc1ccc([C@@H]2[C@H](C(=O)NCCCn3cnc4ccccc43)CC(=O)N2C)cc1. The number of rotatable bonds is 6. The van der Waals surface area contributed by atoms with Crippen molar-refractivity contribution in [3.8, 4) is 0 Å². The molecule has 1 aliphatic heterocycles. The molecule has 2 heterocycles. The molecule has 0 bridgehead atoms. The van der Waals surface area contributed by atoms with Gasteiger partial charge >= 0.3 is 0 Å². The van der Waals surface area contributed by atoms with Gasteiger partial charge in [0.15, 0.2) is 0 Å². The lowest BCUT2D eigenvalue weighted by molar-refractivity contribution is -0.128. The van der Waals surface area contributed by atoms with Gasteiger partial charge in [-0.15, -0.1) is 0 Å². The van der Waals surface area contributed by atoms with Crippen molar-refractivity contribution < 1.29 is 9.59 Å². The Morgan fingerprint density at radius 2 is 1.93 bits per heavy atom. The number of benzene rings is 2. The Morgan fingerprint density at radius 1 is 1.17 bits per heavy atom. The van der Waals surface area contributed by atoms with Gasteiger partial charge < -0.3 is 14.8 Å². The highest BCUT2D eigenvalue weighted by Gasteiger charge is 2.42. The van der Waals surface area contributed by atoms with E-state index in [1.54, 1.807) is 11.9 Å². The summed E-state index contributed by atoms with van der Waals surface area (Å²) < 4.78 is 2.10. The first-order valence-electron chi connectivity index (χ1n) is 10.0. The third kappa shape index (κ3) is 3.88. The minimum Gasteiger partial charge on any atom is -0.356 e. The lowest BCUT2D eigenvalue weighted by Crippen LogP contribution is -2.35. The Hall–Kier alpha value is -3.15. The first-order valence-corrected chi connectivity index (χ1v) is 10.0. The molecule has 150 valence electrons. The molecule has 2 aromatic carbocycles. The van der Waals surface area contributed by atoms with Crippen LogP contribution in [0, 0.1) is 12.8 Å². The highest BCUT2D eigenvalue weighted by atomic mass is 16.2. The third-order valence-electron chi connectivity index (χ3n) is 5.74. The van der Waals surface area contributed by atoms with Crippen molar-refractivity contribution in [3.05, 3.63) is 66.0 Å². The van der Waals surface area contributed by atoms with Gasteiger partial charge in [0.1, 0.15) is 0 Å². The van der Waals surface area contributed by atoms with E-state index in [2.05, 4.69) is 14.9 Å². The van der Waals surface area contributed by atoms with Gasteiger partial charge in [-0.25, -0.2) is 4.98 Å². The zero-order valence-corrected chi connectivity index (χ0v) is 16.8. The maximum absolute atomic E-state index is 12.9. The van der Waals surface area contributed by atoms with Gasteiger partial charge in [0.2, 0.25) is 11.8 Å². The van der Waals surface area contributed by atoms with Crippen molar-refractivity contribution in [2.45, 2.75) is 32.4 Å². The standard InChI is InChI=1S/C23H26N4O2/c1-16-8-10-17(11-9-16)22-18(14-21(28)26(22)2)23(29)24-12-5-13-27-15-25-19-6-3-4-7-20(19)27/h3-4,6-11,15,18,22H,5,12-14H2,1-2H3,(H,24,29)/t18-,22-/m1/s1. The topological polar surface area (TPSA) is 67.2 Å². The van der Waals surface area contributed by atoms with Crippen LogP contribution in [0.5, 0.6) is 0 Å². The molecule has 29 heavy (non-hydrogen) atoms. The lowest BCUT2D eigenvalue weighted by Gasteiger charge is -2.25. The zero-order chi connectivity index (χ0) is 20.4. The predicted molar refractivity (Wildman–Crippen MR) is 112 cm³/mol. The molecule has 0 aliphatic carbocycles. The third-order valence-corrected chi connectivity index (χ3v) is 5.74. The van der Waals surface area contributed by atoms with Crippen molar-refractivity contribution in [3.63, 3.8) is 0 Å². The number of carbonyl (C=O) groups excluding carboxylic acids is 2. The maximum atomic E-state index is 12.9. The van der Waals surface area contributed by atoms with Crippen molar-refractivity contribution in [1.82, 2.24) is 19.8 Å². The van der Waals surface area contributed by atoms with Crippen molar-refractivity contribution in [2.75, 3.05) is 13.6 Å². The number of aryl methyl sites for hydroxylation is 2. The van der Waals surface area contributed by atoms with E-state index in [4.69, 9.17) is 0 Å². The average molecular weight is 390 g/mol. The van der Waals surface area contributed by atoms with Crippen LogP contribution in [0.3, 0.4) is 0 Å². The van der Waals surface area contributed by atoms with Gasteiger partial charge in [0.05, 0.1) is 29.3 Å². The Balaban J connectivity index is 1.36. The number of fused-ring (bicyclic) bond motifs is 1. The van der Waals surface area contributed by atoms with E-state index in [1.807, 2.05) is 61.8 Å². The number of hydrogen-bond donors (Lipinski definition) is 1. The van der Waals surface area contributed by atoms with E-state index in [0.29, 0.717) is 6.54 Å². The van der Waals surface area contributed by atoms with Crippen LogP contribution in [0.2, 0.25) is 0 Å². The molecule has 6 heteroatoms. The van der Waals surface area contributed by atoms with Crippen LogP contribution in [0.4, 0.5) is 0 Å². The van der Waals surface area contributed by atoms with Gasteiger partial charge in [-0.05, 0) is 31.0 Å². The molecule has 2 amide bonds. The van der Waals surface area contributed by atoms with Crippen LogP contribution in [-0.2, 0) is 16.1 Å². The van der Waals surface area contributed by atoms with E-state index in [9.17, 15) is 9.59 Å². The molecule has 3 aromatic rings. The fourth-order valence-electron chi connectivity index (χ4n) is 4.10. The van der Waals surface area contributed by atoms with Crippen molar-refractivity contribution >= 4 is 22.8 Å². The first-order chi connectivity index (χ1) is 14.0. The monoisotopic (exact) mass is 390 g/mol. The van der Waals surface area contributed by atoms with Crippen LogP contribution in [-0.4, -0.2) is 39.9 Å². The van der Waals surface area contributed by atoms with E-state index in [1.165, 1.54) is 0 Å². The average Bonchev–Trinajstić information content (AvgIpc) is 3.27. The van der Waals surface area contributed by atoms with Crippen molar-refractivity contribution in [1.29, 1.82) is 0 Å². The Labute approximate surface area is 170 Å². The van der Waals surface area contributed by atoms with Gasteiger partial charge in [0.25, 0.3) is 0 Å². The Bertz CT molecular complexity index is 1020. The Morgan fingerprint density at radius 3 is 2.72 bits per heavy atom. The Kier molecular flexibility index (Phi) is 5.34. The number of likely N-dealkylation sites (tertiary alicyclic amines) is 1. The van der Waals surface area contributed by atoms with Crippen LogP contribution in [0.1, 0.15) is 30.0 Å². The van der Waals surface area contributed by atoms with Gasteiger partial charge in [-0.3, -0.25) is 9.59 Å². The van der Waals surface area contributed by atoms with E-state index >= 15 is 0 Å². The normalized spacial score (nSPS) is 19.1. The number of aromatic nitrogens is 2. The number of nitrogens with zero attached hydrogens (tertiary/aromatic N) is 3. The van der Waals surface area contributed by atoms with E-state index in [-0.39, 0.29) is 30.2 Å².